The number of anilines is 2. The summed E-state index contributed by atoms with van der Waals surface area (Å²) in [7, 11) is -3.76. The van der Waals surface area contributed by atoms with Gasteiger partial charge in [0.05, 0.1) is 10.6 Å². The molecule has 0 aliphatic heterocycles. The molecule has 6 heteroatoms. The lowest BCUT2D eigenvalue weighted by Gasteiger charge is -2.09. The van der Waals surface area contributed by atoms with Crippen LogP contribution in [0.2, 0.25) is 0 Å². The summed E-state index contributed by atoms with van der Waals surface area (Å²) in [5, 5.41) is 0. The molecule has 2 rings (SSSR count). The second-order valence-corrected chi connectivity index (χ2v) is 5.84. The Labute approximate surface area is 111 Å². The maximum absolute atomic E-state index is 13.0. The zero-order chi connectivity index (χ0) is 14.0. The number of halogens is 1. The number of benzene rings is 2. The third-order valence-electron chi connectivity index (χ3n) is 2.58. The van der Waals surface area contributed by atoms with Crippen LogP contribution < -0.4 is 10.5 Å². The monoisotopic (exact) mass is 280 g/mol. The standard InChI is InChI=1S/C13H13FN2O2S/c1-9-2-4-10(5-3-9)16-19(17,18)11-6-7-12(14)13(15)8-11/h2-8,16H,15H2,1H3. The van der Waals surface area contributed by atoms with Gasteiger partial charge >= 0.3 is 0 Å². The molecular weight excluding hydrogens is 267 g/mol. The molecule has 3 N–H and O–H groups in total. The zero-order valence-corrected chi connectivity index (χ0v) is 11.0. The van der Waals surface area contributed by atoms with E-state index in [9.17, 15) is 12.8 Å². The van der Waals surface area contributed by atoms with E-state index in [1.54, 1.807) is 24.3 Å². The summed E-state index contributed by atoms with van der Waals surface area (Å²) in [4.78, 5) is -0.0769. The van der Waals surface area contributed by atoms with Crippen molar-refractivity contribution in [1.82, 2.24) is 0 Å². The van der Waals surface area contributed by atoms with Crippen LogP contribution in [-0.4, -0.2) is 8.42 Å². The minimum Gasteiger partial charge on any atom is -0.396 e. The highest BCUT2D eigenvalue weighted by Crippen LogP contribution is 2.20. The predicted octanol–water partition coefficient (Wildman–Crippen LogP) is 2.52. The molecular formula is C13H13FN2O2S. The quantitative estimate of drug-likeness (QED) is 0.848. The van der Waals surface area contributed by atoms with Crippen molar-refractivity contribution in [1.29, 1.82) is 0 Å². The van der Waals surface area contributed by atoms with E-state index >= 15 is 0 Å². The largest absolute Gasteiger partial charge is 0.396 e. The van der Waals surface area contributed by atoms with Crippen molar-refractivity contribution >= 4 is 21.4 Å². The third kappa shape index (κ3) is 3.03. The number of nitrogens with one attached hydrogen (secondary N) is 1. The summed E-state index contributed by atoms with van der Waals surface area (Å²) in [5.74, 6) is -0.644. The van der Waals surface area contributed by atoms with E-state index < -0.39 is 15.8 Å². The van der Waals surface area contributed by atoms with Gasteiger partial charge in [0.25, 0.3) is 10.0 Å². The van der Waals surface area contributed by atoms with E-state index in [0.717, 1.165) is 17.7 Å². The first-order chi connectivity index (χ1) is 8.88. The molecule has 0 unspecified atom stereocenters. The Morgan fingerprint density at radius 2 is 1.74 bits per heavy atom. The molecule has 4 nitrogen and oxygen atoms in total. The average Bonchev–Trinajstić information content (AvgIpc) is 2.35. The smallest absolute Gasteiger partial charge is 0.261 e. The first-order valence-electron chi connectivity index (χ1n) is 5.53. The number of sulfonamides is 1. The SMILES string of the molecule is Cc1ccc(NS(=O)(=O)c2ccc(F)c(N)c2)cc1. The van der Waals surface area contributed by atoms with E-state index in [1.165, 1.54) is 6.07 Å². The molecule has 0 spiro atoms. The Hall–Kier alpha value is -2.08. The Balaban J connectivity index is 2.32. The van der Waals surface area contributed by atoms with Gasteiger partial charge in [-0.05, 0) is 37.3 Å². The number of nitrogens with two attached hydrogens (primary N) is 1. The first-order valence-corrected chi connectivity index (χ1v) is 7.01. The number of hydrogen-bond donors (Lipinski definition) is 2. The lowest BCUT2D eigenvalue weighted by molar-refractivity contribution is 0.600. The minimum atomic E-state index is -3.76. The summed E-state index contributed by atoms with van der Waals surface area (Å²) in [6.07, 6.45) is 0. The number of nitrogen functional groups attached to an aromatic ring is 1. The molecule has 2 aromatic rings. The minimum absolute atomic E-state index is 0.0769. The van der Waals surface area contributed by atoms with Gasteiger partial charge < -0.3 is 5.73 Å². The maximum atomic E-state index is 13.0. The topological polar surface area (TPSA) is 72.2 Å². The highest BCUT2D eigenvalue weighted by atomic mass is 32.2. The van der Waals surface area contributed by atoms with Gasteiger partial charge in [0.1, 0.15) is 5.82 Å². The van der Waals surface area contributed by atoms with Crippen molar-refractivity contribution in [2.75, 3.05) is 10.5 Å². The van der Waals surface area contributed by atoms with Crippen LogP contribution in [0.3, 0.4) is 0 Å². The predicted molar refractivity (Wildman–Crippen MR) is 72.8 cm³/mol. The Morgan fingerprint density at radius 1 is 1.11 bits per heavy atom. The fourth-order valence-electron chi connectivity index (χ4n) is 1.52. The van der Waals surface area contributed by atoms with Gasteiger partial charge in [-0.2, -0.15) is 0 Å². The molecule has 0 atom stereocenters. The lowest BCUT2D eigenvalue weighted by atomic mass is 10.2. The van der Waals surface area contributed by atoms with Gasteiger partial charge in [-0.15, -0.1) is 0 Å². The number of hydrogen-bond acceptors (Lipinski definition) is 3. The summed E-state index contributed by atoms with van der Waals surface area (Å²) in [5.41, 5.74) is 6.62. The highest BCUT2D eigenvalue weighted by molar-refractivity contribution is 7.92. The molecule has 0 amide bonds. The van der Waals surface area contributed by atoms with Crippen molar-refractivity contribution in [2.24, 2.45) is 0 Å². The van der Waals surface area contributed by atoms with Crippen LogP contribution in [0, 0.1) is 12.7 Å². The second-order valence-electron chi connectivity index (χ2n) is 4.15. The van der Waals surface area contributed by atoms with E-state index in [2.05, 4.69) is 4.72 Å². The molecule has 0 aliphatic rings. The third-order valence-corrected chi connectivity index (χ3v) is 3.96. The van der Waals surface area contributed by atoms with Gasteiger partial charge in [0.15, 0.2) is 0 Å². The van der Waals surface area contributed by atoms with Crippen molar-refractivity contribution in [3.05, 3.63) is 53.8 Å². The zero-order valence-electron chi connectivity index (χ0n) is 10.2. The fourth-order valence-corrected chi connectivity index (χ4v) is 2.62. The van der Waals surface area contributed by atoms with Crippen LogP contribution in [0.4, 0.5) is 15.8 Å². The molecule has 0 bridgehead atoms. The van der Waals surface area contributed by atoms with Crippen LogP contribution in [0.5, 0.6) is 0 Å². The molecule has 0 saturated heterocycles. The van der Waals surface area contributed by atoms with Crippen LogP contribution in [0.15, 0.2) is 47.4 Å². The highest BCUT2D eigenvalue weighted by Gasteiger charge is 2.15. The Morgan fingerprint density at radius 3 is 2.32 bits per heavy atom. The second kappa shape index (κ2) is 4.89. The van der Waals surface area contributed by atoms with Crippen molar-refractivity contribution in [3.8, 4) is 0 Å². The summed E-state index contributed by atoms with van der Waals surface area (Å²) in [6, 6.07) is 10.2. The molecule has 19 heavy (non-hydrogen) atoms. The van der Waals surface area contributed by atoms with Gasteiger partial charge in [-0.3, -0.25) is 4.72 Å². The molecule has 0 fully saturated rings. The van der Waals surface area contributed by atoms with E-state index in [1.807, 2.05) is 6.92 Å². The normalized spacial score (nSPS) is 11.3. The van der Waals surface area contributed by atoms with Crippen LogP contribution in [0.1, 0.15) is 5.56 Å². The van der Waals surface area contributed by atoms with Crippen molar-refractivity contribution in [3.63, 3.8) is 0 Å². The van der Waals surface area contributed by atoms with Crippen LogP contribution >= 0.6 is 0 Å². The number of aryl methyl sites for hydroxylation is 1. The molecule has 0 aromatic heterocycles. The van der Waals surface area contributed by atoms with Gasteiger partial charge in [-0.25, -0.2) is 12.8 Å². The van der Waals surface area contributed by atoms with Gasteiger partial charge in [0, 0.05) is 5.69 Å². The Kier molecular flexibility index (Phi) is 3.44. The Bertz CT molecular complexity index is 697. The first kappa shape index (κ1) is 13.4. The van der Waals surface area contributed by atoms with Gasteiger partial charge in [0.2, 0.25) is 0 Å². The van der Waals surface area contributed by atoms with Crippen LogP contribution in [0.25, 0.3) is 0 Å². The molecule has 0 radical (unpaired) electrons. The van der Waals surface area contributed by atoms with Crippen molar-refractivity contribution in [2.45, 2.75) is 11.8 Å². The lowest BCUT2D eigenvalue weighted by Crippen LogP contribution is -2.13. The van der Waals surface area contributed by atoms with Gasteiger partial charge in [-0.1, -0.05) is 17.7 Å². The van der Waals surface area contributed by atoms with E-state index in [4.69, 9.17) is 5.73 Å². The van der Waals surface area contributed by atoms with E-state index in [-0.39, 0.29) is 10.6 Å². The maximum Gasteiger partial charge on any atom is 0.261 e. The number of rotatable bonds is 3. The molecule has 0 heterocycles. The fraction of sp³-hybridized carbons (Fsp3) is 0.0769. The van der Waals surface area contributed by atoms with E-state index in [0.29, 0.717) is 5.69 Å². The summed E-state index contributed by atoms with van der Waals surface area (Å²) >= 11 is 0. The molecule has 2 aromatic carbocycles. The molecule has 0 saturated carbocycles. The van der Waals surface area contributed by atoms with Crippen molar-refractivity contribution < 1.29 is 12.8 Å². The van der Waals surface area contributed by atoms with Crippen LogP contribution in [-0.2, 0) is 10.0 Å². The molecule has 100 valence electrons. The summed E-state index contributed by atoms with van der Waals surface area (Å²) < 4.78 is 39.5. The summed E-state index contributed by atoms with van der Waals surface area (Å²) in [6.45, 7) is 1.90. The molecule has 0 aliphatic carbocycles. The average molecular weight is 280 g/mol.